The lowest BCUT2D eigenvalue weighted by Crippen LogP contribution is -1.80. The highest BCUT2D eigenvalue weighted by molar-refractivity contribution is 14.1. The Bertz CT molecular complexity index is 701. The predicted octanol–water partition coefficient (Wildman–Crippen LogP) is 4.40. The molecule has 0 unspecified atom stereocenters. The number of nitrogens with one attached hydrogen (secondary N) is 1. The van der Waals surface area contributed by atoms with Crippen molar-refractivity contribution >= 4 is 33.6 Å². The number of aryl methyl sites for hydroxylation is 1. The standard InChI is InChI=1S/C15H13IN2/c1-2-10-6-7-13-14(8-10)18-15(17-13)11-4-3-5-12(16)9-11/h3-9H,2H2,1H3,(H,17,18). The van der Waals surface area contributed by atoms with Crippen molar-refractivity contribution in [3.63, 3.8) is 0 Å². The fraction of sp³-hybridized carbons (Fsp3) is 0.133. The van der Waals surface area contributed by atoms with E-state index >= 15 is 0 Å². The Kier molecular flexibility index (Phi) is 3.07. The van der Waals surface area contributed by atoms with Crippen LogP contribution in [0.2, 0.25) is 0 Å². The Labute approximate surface area is 120 Å². The van der Waals surface area contributed by atoms with Gasteiger partial charge in [0.2, 0.25) is 0 Å². The van der Waals surface area contributed by atoms with Crippen molar-refractivity contribution in [3.05, 3.63) is 51.6 Å². The highest BCUT2D eigenvalue weighted by Gasteiger charge is 2.05. The summed E-state index contributed by atoms with van der Waals surface area (Å²) in [7, 11) is 0. The normalized spacial score (nSPS) is 11.0. The molecular formula is C15H13IN2. The van der Waals surface area contributed by atoms with E-state index in [2.05, 4.69) is 81.9 Å². The molecule has 18 heavy (non-hydrogen) atoms. The zero-order valence-corrected chi connectivity index (χ0v) is 12.2. The first-order chi connectivity index (χ1) is 8.76. The van der Waals surface area contributed by atoms with Gasteiger partial charge < -0.3 is 4.98 Å². The molecule has 1 N–H and O–H groups in total. The molecule has 0 saturated heterocycles. The topological polar surface area (TPSA) is 28.7 Å². The molecular weight excluding hydrogens is 335 g/mol. The molecule has 0 spiro atoms. The minimum Gasteiger partial charge on any atom is -0.338 e. The van der Waals surface area contributed by atoms with E-state index in [-0.39, 0.29) is 0 Å². The SMILES string of the molecule is CCc1ccc2nc(-c3cccc(I)c3)[nH]c2c1. The minimum absolute atomic E-state index is 0.941. The average Bonchev–Trinajstić information content (AvgIpc) is 2.81. The Morgan fingerprint density at radius 3 is 2.83 bits per heavy atom. The van der Waals surface area contributed by atoms with Gasteiger partial charge in [-0.1, -0.05) is 25.1 Å². The average molecular weight is 348 g/mol. The Morgan fingerprint density at radius 2 is 2.06 bits per heavy atom. The van der Waals surface area contributed by atoms with Crippen molar-refractivity contribution in [2.75, 3.05) is 0 Å². The third-order valence-corrected chi connectivity index (χ3v) is 3.72. The van der Waals surface area contributed by atoms with Crippen LogP contribution in [-0.4, -0.2) is 9.97 Å². The molecule has 0 saturated carbocycles. The lowest BCUT2D eigenvalue weighted by Gasteiger charge is -1.96. The maximum absolute atomic E-state index is 4.64. The van der Waals surface area contributed by atoms with Crippen LogP contribution >= 0.6 is 22.6 Å². The second-order valence-electron chi connectivity index (χ2n) is 4.30. The second-order valence-corrected chi connectivity index (χ2v) is 5.55. The molecule has 0 aliphatic heterocycles. The van der Waals surface area contributed by atoms with Crippen LogP contribution in [0.5, 0.6) is 0 Å². The summed E-state index contributed by atoms with van der Waals surface area (Å²) >= 11 is 2.32. The van der Waals surface area contributed by atoms with Gasteiger partial charge in [-0.05, 0) is 58.8 Å². The van der Waals surface area contributed by atoms with Crippen molar-refractivity contribution in [1.29, 1.82) is 0 Å². The van der Waals surface area contributed by atoms with Crippen molar-refractivity contribution in [3.8, 4) is 11.4 Å². The summed E-state index contributed by atoms with van der Waals surface area (Å²) < 4.78 is 1.22. The number of nitrogens with zero attached hydrogens (tertiary/aromatic N) is 1. The molecule has 1 heterocycles. The highest BCUT2D eigenvalue weighted by atomic mass is 127. The van der Waals surface area contributed by atoms with E-state index in [0.717, 1.165) is 28.8 Å². The number of rotatable bonds is 2. The quantitative estimate of drug-likeness (QED) is 0.684. The summed E-state index contributed by atoms with van der Waals surface area (Å²) in [6.07, 6.45) is 1.05. The van der Waals surface area contributed by atoms with Gasteiger partial charge in [0, 0.05) is 9.13 Å². The van der Waals surface area contributed by atoms with Crippen LogP contribution in [0.4, 0.5) is 0 Å². The third-order valence-electron chi connectivity index (χ3n) is 3.05. The largest absolute Gasteiger partial charge is 0.338 e. The third kappa shape index (κ3) is 2.14. The number of imidazole rings is 1. The molecule has 3 aromatic rings. The van der Waals surface area contributed by atoms with E-state index in [4.69, 9.17) is 0 Å². The zero-order chi connectivity index (χ0) is 12.5. The van der Waals surface area contributed by atoms with Crippen molar-refractivity contribution < 1.29 is 0 Å². The second kappa shape index (κ2) is 4.72. The number of halogens is 1. The molecule has 2 nitrogen and oxygen atoms in total. The van der Waals surface area contributed by atoms with Gasteiger partial charge in [0.15, 0.2) is 0 Å². The van der Waals surface area contributed by atoms with Crippen LogP contribution in [0.25, 0.3) is 22.4 Å². The number of aromatic amines is 1. The minimum atomic E-state index is 0.941. The maximum Gasteiger partial charge on any atom is 0.138 e. The Balaban J connectivity index is 2.13. The van der Waals surface area contributed by atoms with Gasteiger partial charge in [-0.2, -0.15) is 0 Å². The smallest absolute Gasteiger partial charge is 0.138 e. The molecule has 2 aromatic carbocycles. The summed E-state index contributed by atoms with van der Waals surface area (Å²) in [5, 5.41) is 0. The van der Waals surface area contributed by atoms with E-state index in [9.17, 15) is 0 Å². The van der Waals surface area contributed by atoms with Crippen molar-refractivity contribution in [2.24, 2.45) is 0 Å². The molecule has 90 valence electrons. The van der Waals surface area contributed by atoms with E-state index < -0.39 is 0 Å². The van der Waals surface area contributed by atoms with Gasteiger partial charge in [-0.15, -0.1) is 0 Å². The van der Waals surface area contributed by atoms with Crippen LogP contribution in [0, 0.1) is 3.57 Å². The van der Waals surface area contributed by atoms with E-state index in [1.54, 1.807) is 0 Å². The van der Waals surface area contributed by atoms with Crippen molar-refractivity contribution in [1.82, 2.24) is 9.97 Å². The number of aromatic nitrogens is 2. The Hall–Kier alpha value is -1.36. The van der Waals surface area contributed by atoms with Crippen LogP contribution in [-0.2, 0) is 6.42 Å². The predicted molar refractivity (Wildman–Crippen MR) is 83.6 cm³/mol. The van der Waals surface area contributed by atoms with Crippen LogP contribution in [0.1, 0.15) is 12.5 Å². The molecule has 3 heteroatoms. The number of fused-ring (bicyclic) bond motifs is 1. The fourth-order valence-electron chi connectivity index (χ4n) is 2.05. The molecule has 1 aromatic heterocycles. The summed E-state index contributed by atoms with van der Waals surface area (Å²) in [6.45, 7) is 2.16. The lowest BCUT2D eigenvalue weighted by molar-refractivity contribution is 1.14. The summed E-state index contributed by atoms with van der Waals surface area (Å²) in [4.78, 5) is 8.04. The molecule has 0 aliphatic rings. The lowest BCUT2D eigenvalue weighted by atomic mass is 10.1. The first-order valence-electron chi connectivity index (χ1n) is 6.01. The fourth-order valence-corrected chi connectivity index (χ4v) is 2.59. The van der Waals surface area contributed by atoms with Crippen molar-refractivity contribution in [2.45, 2.75) is 13.3 Å². The molecule has 0 radical (unpaired) electrons. The first kappa shape index (κ1) is 11.7. The molecule has 0 fully saturated rings. The number of H-pyrrole nitrogens is 1. The van der Waals surface area contributed by atoms with Crippen LogP contribution in [0.3, 0.4) is 0 Å². The summed E-state index contributed by atoms with van der Waals surface area (Å²) in [5.41, 5.74) is 4.61. The first-order valence-corrected chi connectivity index (χ1v) is 7.09. The zero-order valence-electron chi connectivity index (χ0n) is 10.1. The Morgan fingerprint density at radius 1 is 1.17 bits per heavy atom. The van der Waals surface area contributed by atoms with Gasteiger partial charge in [0.25, 0.3) is 0 Å². The van der Waals surface area contributed by atoms with Gasteiger partial charge in [0.1, 0.15) is 5.82 Å². The van der Waals surface area contributed by atoms with Gasteiger partial charge in [-0.25, -0.2) is 4.98 Å². The summed E-state index contributed by atoms with van der Waals surface area (Å²) in [5.74, 6) is 0.941. The van der Waals surface area contributed by atoms with Crippen LogP contribution < -0.4 is 0 Å². The molecule has 0 amide bonds. The van der Waals surface area contributed by atoms with E-state index in [1.807, 2.05) is 0 Å². The van der Waals surface area contributed by atoms with Gasteiger partial charge in [-0.3, -0.25) is 0 Å². The van der Waals surface area contributed by atoms with E-state index in [1.165, 1.54) is 9.13 Å². The van der Waals surface area contributed by atoms with Gasteiger partial charge >= 0.3 is 0 Å². The highest BCUT2D eigenvalue weighted by Crippen LogP contribution is 2.22. The van der Waals surface area contributed by atoms with Gasteiger partial charge in [0.05, 0.1) is 11.0 Å². The number of hydrogen-bond acceptors (Lipinski definition) is 1. The van der Waals surface area contributed by atoms with E-state index in [0.29, 0.717) is 0 Å². The van der Waals surface area contributed by atoms with Crippen LogP contribution in [0.15, 0.2) is 42.5 Å². The summed E-state index contributed by atoms with van der Waals surface area (Å²) in [6, 6.07) is 14.8. The monoisotopic (exact) mass is 348 g/mol. The maximum atomic E-state index is 4.64. The molecule has 0 atom stereocenters. The molecule has 0 bridgehead atoms. The molecule has 3 rings (SSSR count). The number of benzene rings is 2. The molecule has 0 aliphatic carbocycles. The number of hydrogen-bond donors (Lipinski definition) is 1.